The van der Waals surface area contributed by atoms with Gasteiger partial charge in [0.2, 0.25) is 0 Å². The highest BCUT2D eigenvalue weighted by molar-refractivity contribution is 6.08. The molecule has 0 saturated heterocycles. The minimum absolute atomic E-state index is 0.192. The number of rotatable bonds is 5. The van der Waals surface area contributed by atoms with Crippen LogP contribution in [0.5, 0.6) is 0 Å². The van der Waals surface area contributed by atoms with Gasteiger partial charge in [0.25, 0.3) is 5.91 Å². The van der Waals surface area contributed by atoms with Crippen LogP contribution in [0.3, 0.4) is 0 Å². The second kappa shape index (κ2) is 6.75. The zero-order valence-corrected chi connectivity index (χ0v) is 11.3. The molecule has 1 amide bonds. The Kier molecular flexibility index (Phi) is 5.32. The van der Waals surface area contributed by atoms with E-state index in [0.29, 0.717) is 5.69 Å². The van der Waals surface area contributed by atoms with Crippen molar-refractivity contribution in [3.8, 4) is 0 Å². The first-order chi connectivity index (χ1) is 8.95. The van der Waals surface area contributed by atoms with E-state index in [2.05, 4.69) is 10.1 Å². The fraction of sp³-hybridized carbons (Fsp3) is 0.385. The largest absolute Gasteiger partial charge is 0.464 e. The van der Waals surface area contributed by atoms with Gasteiger partial charge in [0.05, 0.1) is 6.61 Å². The number of ether oxygens (including phenoxy) is 1. The van der Waals surface area contributed by atoms with Crippen molar-refractivity contribution in [1.82, 2.24) is 0 Å². The van der Waals surface area contributed by atoms with Crippen molar-refractivity contribution in [2.75, 3.05) is 30.9 Å². The molecule has 0 bridgehead atoms. The number of nitrogens with zero attached hydrogens (tertiary/aromatic N) is 1. The van der Waals surface area contributed by atoms with Crippen molar-refractivity contribution >= 4 is 23.3 Å². The van der Waals surface area contributed by atoms with E-state index in [4.69, 9.17) is 5.73 Å². The summed E-state index contributed by atoms with van der Waals surface area (Å²) in [6, 6.07) is 5.88. The predicted octanol–water partition coefficient (Wildman–Crippen LogP) is 0.582. The molecular formula is C13H19N3O3. The number of hydrogen-bond acceptors (Lipinski definition) is 5. The molecule has 0 aliphatic rings. The summed E-state index contributed by atoms with van der Waals surface area (Å²) in [5.41, 5.74) is 7.06. The summed E-state index contributed by atoms with van der Waals surface area (Å²) in [6.45, 7) is 1.85. The maximum atomic E-state index is 11.7. The van der Waals surface area contributed by atoms with Crippen molar-refractivity contribution in [3.05, 3.63) is 24.3 Å². The van der Waals surface area contributed by atoms with Gasteiger partial charge >= 0.3 is 5.97 Å². The molecule has 0 heterocycles. The number of carbonyl (C=O) groups excluding carboxylic acids is 2. The fourth-order valence-corrected chi connectivity index (χ4v) is 1.40. The van der Waals surface area contributed by atoms with Crippen LogP contribution in [0.15, 0.2) is 24.3 Å². The van der Waals surface area contributed by atoms with Crippen molar-refractivity contribution in [1.29, 1.82) is 0 Å². The quantitative estimate of drug-likeness (QED) is 0.601. The zero-order chi connectivity index (χ0) is 14.4. The highest BCUT2D eigenvalue weighted by Crippen LogP contribution is 2.15. The van der Waals surface area contributed by atoms with Gasteiger partial charge in [0, 0.05) is 25.5 Å². The van der Waals surface area contributed by atoms with Crippen molar-refractivity contribution in [2.24, 2.45) is 5.73 Å². The highest BCUT2D eigenvalue weighted by Gasteiger charge is 2.23. The topological polar surface area (TPSA) is 84.7 Å². The van der Waals surface area contributed by atoms with E-state index in [1.165, 1.54) is 0 Å². The summed E-state index contributed by atoms with van der Waals surface area (Å²) in [5.74, 6) is -1.32. The Morgan fingerprint density at radius 3 is 2.37 bits per heavy atom. The number of nitrogens with one attached hydrogen (secondary N) is 1. The van der Waals surface area contributed by atoms with E-state index in [9.17, 15) is 9.59 Å². The molecule has 0 aromatic heterocycles. The minimum Gasteiger partial charge on any atom is -0.464 e. The van der Waals surface area contributed by atoms with Crippen LogP contribution in [0.4, 0.5) is 11.4 Å². The molecule has 0 aliphatic heterocycles. The molecule has 0 saturated carbocycles. The van der Waals surface area contributed by atoms with Gasteiger partial charge < -0.3 is 20.7 Å². The number of amides is 1. The second-order valence-electron chi connectivity index (χ2n) is 4.16. The Morgan fingerprint density at radius 2 is 1.89 bits per heavy atom. The number of carbonyl (C=O) groups is 2. The summed E-state index contributed by atoms with van der Waals surface area (Å²) in [4.78, 5) is 24.9. The van der Waals surface area contributed by atoms with E-state index >= 15 is 0 Å². The lowest BCUT2D eigenvalue weighted by atomic mass is 10.2. The summed E-state index contributed by atoms with van der Waals surface area (Å²) in [5, 5.41) is 2.56. The Labute approximate surface area is 112 Å². The molecule has 6 heteroatoms. The predicted molar refractivity (Wildman–Crippen MR) is 74.0 cm³/mol. The van der Waals surface area contributed by atoms with E-state index < -0.39 is 17.9 Å². The average Bonchev–Trinajstić information content (AvgIpc) is 2.38. The molecule has 1 atom stereocenters. The third kappa shape index (κ3) is 4.26. The minimum atomic E-state index is -1.31. The van der Waals surface area contributed by atoms with Gasteiger partial charge in [-0.3, -0.25) is 4.79 Å². The first kappa shape index (κ1) is 15.0. The standard InChI is InChI=1S/C13H19N3O3/c1-4-19-13(18)11(14)12(17)15-9-5-7-10(8-6-9)16(2)3/h5-8,11H,4,14H2,1-3H3,(H,15,17). The molecular weight excluding hydrogens is 246 g/mol. The summed E-state index contributed by atoms with van der Waals surface area (Å²) in [6.07, 6.45) is 0. The smallest absolute Gasteiger partial charge is 0.332 e. The molecule has 1 rings (SSSR count). The van der Waals surface area contributed by atoms with Crippen molar-refractivity contribution < 1.29 is 14.3 Å². The van der Waals surface area contributed by atoms with Crippen LogP contribution in [0.1, 0.15) is 6.92 Å². The van der Waals surface area contributed by atoms with Gasteiger partial charge in [0.15, 0.2) is 6.04 Å². The summed E-state index contributed by atoms with van der Waals surface area (Å²) in [7, 11) is 3.84. The number of benzene rings is 1. The molecule has 1 aromatic carbocycles. The highest BCUT2D eigenvalue weighted by atomic mass is 16.5. The molecule has 19 heavy (non-hydrogen) atoms. The van der Waals surface area contributed by atoms with E-state index in [1.807, 2.05) is 31.1 Å². The lowest BCUT2D eigenvalue weighted by Crippen LogP contribution is -2.43. The van der Waals surface area contributed by atoms with E-state index in [1.54, 1.807) is 19.1 Å². The maximum absolute atomic E-state index is 11.7. The van der Waals surface area contributed by atoms with Gasteiger partial charge in [-0.1, -0.05) is 0 Å². The Bertz CT molecular complexity index is 443. The third-order valence-electron chi connectivity index (χ3n) is 2.47. The monoisotopic (exact) mass is 265 g/mol. The molecule has 1 aromatic rings. The number of hydrogen-bond donors (Lipinski definition) is 2. The first-order valence-electron chi connectivity index (χ1n) is 5.96. The second-order valence-corrected chi connectivity index (χ2v) is 4.16. The molecule has 0 spiro atoms. The van der Waals surface area contributed by atoms with Gasteiger partial charge in [0.1, 0.15) is 0 Å². The van der Waals surface area contributed by atoms with Crippen LogP contribution in [0, 0.1) is 0 Å². The fourth-order valence-electron chi connectivity index (χ4n) is 1.40. The molecule has 0 aliphatic carbocycles. The molecule has 1 unspecified atom stereocenters. The Morgan fingerprint density at radius 1 is 1.32 bits per heavy atom. The molecule has 0 radical (unpaired) electrons. The molecule has 3 N–H and O–H groups in total. The van der Waals surface area contributed by atoms with Crippen LogP contribution in [-0.4, -0.2) is 38.6 Å². The van der Waals surface area contributed by atoms with E-state index in [0.717, 1.165) is 5.69 Å². The van der Waals surface area contributed by atoms with Crippen LogP contribution in [0.25, 0.3) is 0 Å². The molecule has 0 fully saturated rings. The maximum Gasteiger partial charge on any atom is 0.332 e. The van der Waals surface area contributed by atoms with Crippen LogP contribution < -0.4 is 16.0 Å². The molecule has 6 nitrogen and oxygen atoms in total. The van der Waals surface area contributed by atoms with Crippen LogP contribution in [-0.2, 0) is 14.3 Å². The number of esters is 1. The number of nitrogens with two attached hydrogens (primary N) is 1. The van der Waals surface area contributed by atoms with E-state index in [-0.39, 0.29) is 6.61 Å². The average molecular weight is 265 g/mol. The van der Waals surface area contributed by atoms with Gasteiger partial charge in [-0.25, -0.2) is 4.79 Å². The lowest BCUT2D eigenvalue weighted by molar-refractivity contribution is -0.146. The normalized spacial score (nSPS) is 11.6. The summed E-state index contributed by atoms with van der Waals surface area (Å²) < 4.78 is 4.68. The van der Waals surface area contributed by atoms with Crippen LogP contribution >= 0.6 is 0 Å². The SMILES string of the molecule is CCOC(=O)C(N)C(=O)Nc1ccc(N(C)C)cc1. The Balaban J connectivity index is 2.64. The van der Waals surface area contributed by atoms with Crippen molar-refractivity contribution in [2.45, 2.75) is 13.0 Å². The van der Waals surface area contributed by atoms with Gasteiger partial charge in [-0.05, 0) is 31.2 Å². The van der Waals surface area contributed by atoms with Gasteiger partial charge in [-0.2, -0.15) is 0 Å². The Hall–Kier alpha value is -2.08. The first-order valence-corrected chi connectivity index (χ1v) is 5.96. The van der Waals surface area contributed by atoms with Crippen molar-refractivity contribution in [3.63, 3.8) is 0 Å². The third-order valence-corrected chi connectivity index (χ3v) is 2.47. The lowest BCUT2D eigenvalue weighted by Gasteiger charge is -2.14. The zero-order valence-electron chi connectivity index (χ0n) is 11.3. The summed E-state index contributed by atoms with van der Waals surface area (Å²) >= 11 is 0. The molecule has 104 valence electrons. The van der Waals surface area contributed by atoms with Gasteiger partial charge in [-0.15, -0.1) is 0 Å². The van der Waals surface area contributed by atoms with Crippen LogP contribution in [0.2, 0.25) is 0 Å². The number of anilines is 2.